The van der Waals surface area contributed by atoms with Crippen molar-refractivity contribution in [3.8, 4) is 0 Å². The minimum Gasteiger partial charge on any atom is -0.396 e. The molecule has 1 heterocycles. The summed E-state index contributed by atoms with van der Waals surface area (Å²) in [5.74, 6) is 0.159. The van der Waals surface area contributed by atoms with E-state index < -0.39 is 11.7 Å². The summed E-state index contributed by atoms with van der Waals surface area (Å²) in [4.78, 5) is 12.1. The molecule has 150 valence electrons. The van der Waals surface area contributed by atoms with Gasteiger partial charge in [0.05, 0.1) is 5.56 Å². The lowest BCUT2D eigenvalue weighted by Gasteiger charge is -2.25. The van der Waals surface area contributed by atoms with Crippen molar-refractivity contribution in [3.63, 3.8) is 0 Å². The molecule has 1 saturated heterocycles. The van der Waals surface area contributed by atoms with E-state index in [1.54, 1.807) is 6.92 Å². The Kier molecular flexibility index (Phi) is 7.86. The number of carbonyl (C=O) groups excluding carboxylic acids is 1. The smallest absolute Gasteiger partial charge is 0.396 e. The zero-order valence-electron chi connectivity index (χ0n) is 15.4. The molecule has 2 rings (SSSR count). The number of benzene rings is 1. The van der Waals surface area contributed by atoms with Gasteiger partial charge in [-0.05, 0) is 61.3 Å². The number of aliphatic hydroxyl groups is 1. The second-order valence-corrected chi connectivity index (χ2v) is 6.99. The molecule has 1 aliphatic heterocycles. The summed E-state index contributed by atoms with van der Waals surface area (Å²) in [6.45, 7) is 3.52. The Morgan fingerprint density at radius 1 is 1.30 bits per heavy atom. The third-order valence-corrected chi connectivity index (χ3v) is 4.85. The van der Waals surface area contributed by atoms with Gasteiger partial charge in [0, 0.05) is 32.4 Å². The van der Waals surface area contributed by atoms with Crippen LogP contribution in [0.3, 0.4) is 0 Å². The van der Waals surface area contributed by atoms with Crippen LogP contribution in [0.5, 0.6) is 0 Å². The van der Waals surface area contributed by atoms with Crippen molar-refractivity contribution in [2.24, 2.45) is 11.8 Å². The Bertz CT molecular complexity index is 635. The van der Waals surface area contributed by atoms with Gasteiger partial charge in [-0.2, -0.15) is 13.2 Å². The zero-order chi connectivity index (χ0) is 19.9. The number of carbonyl (C=O) groups is 1. The second kappa shape index (κ2) is 9.90. The fraction of sp³-hybridized carbons (Fsp3) is 0.550. The van der Waals surface area contributed by atoms with Gasteiger partial charge in [-0.1, -0.05) is 12.1 Å². The lowest BCUT2D eigenvalue weighted by atomic mass is 9.89. The topological polar surface area (TPSA) is 58.6 Å². The van der Waals surface area contributed by atoms with Crippen LogP contribution in [0.2, 0.25) is 0 Å². The summed E-state index contributed by atoms with van der Waals surface area (Å²) in [6.07, 6.45) is -0.237. The van der Waals surface area contributed by atoms with Crippen molar-refractivity contribution in [3.05, 3.63) is 41.5 Å². The lowest BCUT2D eigenvalue weighted by molar-refractivity contribution is -0.137. The summed E-state index contributed by atoms with van der Waals surface area (Å²) in [5, 5.41) is 12.3. The van der Waals surface area contributed by atoms with Crippen LogP contribution >= 0.6 is 0 Å². The predicted octanol–water partition coefficient (Wildman–Crippen LogP) is 3.65. The summed E-state index contributed by atoms with van der Waals surface area (Å²) >= 11 is 0. The van der Waals surface area contributed by atoms with E-state index >= 15 is 0 Å². The Morgan fingerprint density at radius 3 is 2.48 bits per heavy atom. The molecule has 0 bridgehead atoms. The highest BCUT2D eigenvalue weighted by molar-refractivity contribution is 5.94. The minimum atomic E-state index is -4.38. The molecule has 1 atom stereocenters. The normalized spacial score (nSPS) is 17.6. The molecule has 4 nitrogen and oxygen atoms in total. The number of allylic oxidation sites excluding steroid dienone is 1. The summed E-state index contributed by atoms with van der Waals surface area (Å²) < 4.78 is 43.1. The first-order valence-corrected chi connectivity index (χ1v) is 9.12. The van der Waals surface area contributed by atoms with Gasteiger partial charge in [0.25, 0.3) is 0 Å². The maximum atomic E-state index is 12.6. The molecule has 1 fully saturated rings. The van der Waals surface area contributed by atoms with Crippen molar-refractivity contribution in [2.45, 2.75) is 32.4 Å². The van der Waals surface area contributed by atoms with Gasteiger partial charge in [-0.3, -0.25) is 4.79 Å². The van der Waals surface area contributed by atoms with E-state index in [1.165, 1.54) is 18.2 Å². The molecule has 2 N–H and O–H groups in total. The maximum Gasteiger partial charge on any atom is 0.416 e. The van der Waals surface area contributed by atoms with Gasteiger partial charge in [0.1, 0.15) is 0 Å². The maximum absolute atomic E-state index is 12.6. The van der Waals surface area contributed by atoms with Crippen molar-refractivity contribution >= 4 is 11.5 Å². The summed E-state index contributed by atoms with van der Waals surface area (Å²) in [7, 11) is 0. The third kappa shape index (κ3) is 6.99. The van der Waals surface area contributed by atoms with Crippen molar-refractivity contribution in [1.29, 1.82) is 0 Å². The molecule has 0 aliphatic carbocycles. The van der Waals surface area contributed by atoms with Crippen LogP contribution in [0.25, 0.3) is 5.57 Å². The van der Waals surface area contributed by atoms with Gasteiger partial charge >= 0.3 is 6.18 Å². The Morgan fingerprint density at radius 2 is 1.93 bits per heavy atom. The van der Waals surface area contributed by atoms with E-state index in [9.17, 15) is 23.1 Å². The van der Waals surface area contributed by atoms with Crippen LogP contribution in [0.1, 0.15) is 37.3 Å². The molecule has 0 radical (unpaired) electrons. The first-order chi connectivity index (χ1) is 12.8. The summed E-state index contributed by atoms with van der Waals surface area (Å²) in [6, 6.07) is 4.70. The van der Waals surface area contributed by atoms with Gasteiger partial charge in [-0.25, -0.2) is 0 Å². The Balaban J connectivity index is 1.86. The monoisotopic (exact) mass is 385 g/mol. The van der Waals surface area contributed by atoms with Crippen LogP contribution in [0.15, 0.2) is 30.3 Å². The Labute approximate surface area is 157 Å². The summed E-state index contributed by atoms with van der Waals surface area (Å²) in [5.41, 5.74) is 0.410. The van der Waals surface area contributed by atoms with Crippen LogP contribution < -0.4 is 5.32 Å². The predicted molar refractivity (Wildman–Crippen MR) is 96.8 cm³/mol. The number of hydrogen-bond acceptors (Lipinski definition) is 3. The third-order valence-electron chi connectivity index (χ3n) is 4.85. The number of ether oxygens (including phenoxy) is 1. The van der Waals surface area contributed by atoms with E-state index in [-0.39, 0.29) is 18.4 Å². The Hall–Kier alpha value is -1.86. The fourth-order valence-electron chi connectivity index (χ4n) is 3.17. The van der Waals surface area contributed by atoms with Crippen molar-refractivity contribution in [2.75, 3.05) is 26.4 Å². The number of rotatable bonds is 7. The van der Waals surface area contributed by atoms with Gasteiger partial charge < -0.3 is 15.2 Å². The molecular formula is C20H26F3NO3. The molecule has 7 heteroatoms. The quantitative estimate of drug-likeness (QED) is 0.705. The number of halogens is 3. The van der Waals surface area contributed by atoms with E-state index in [0.717, 1.165) is 44.6 Å². The van der Waals surface area contributed by atoms with Crippen molar-refractivity contribution in [1.82, 2.24) is 5.32 Å². The largest absolute Gasteiger partial charge is 0.416 e. The van der Waals surface area contributed by atoms with Crippen LogP contribution in [0, 0.1) is 11.8 Å². The highest BCUT2D eigenvalue weighted by Crippen LogP contribution is 2.30. The minimum absolute atomic E-state index is 0.000756. The standard InChI is InChI=1S/C20H26F3NO3/c1-14(17-2-4-18(5-3-17)20(21,22)23)10-19(26)24-12-16(13-25)11-15-6-8-27-9-7-15/h2-5,10,15-16,25H,6-9,11-13H2,1H3,(H,24,26)/b14-10+. The molecule has 0 spiro atoms. The van der Waals surface area contributed by atoms with E-state index in [4.69, 9.17) is 4.74 Å². The molecule has 1 aromatic rings. The average molecular weight is 385 g/mol. The van der Waals surface area contributed by atoms with E-state index in [2.05, 4.69) is 5.32 Å². The molecule has 1 aromatic carbocycles. The number of amides is 1. The molecular weight excluding hydrogens is 359 g/mol. The molecule has 0 aromatic heterocycles. The number of hydrogen-bond donors (Lipinski definition) is 2. The molecule has 27 heavy (non-hydrogen) atoms. The molecule has 1 aliphatic rings. The number of alkyl halides is 3. The van der Waals surface area contributed by atoms with Gasteiger partial charge in [-0.15, -0.1) is 0 Å². The highest BCUT2D eigenvalue weighted by atomic mass is 19.4. The number of nitrogens with one attached hydrogen (secondary N) is 1. The second-order valence-electron chi connectivity index (χ2n) is 6.99. The first kappa shape index (κ1) is 21.4. The van der Waals surface area contributed by atoms with Crippen LogP contribution in [0.4, 0.5) is 13.2 Å². The highest BCUT2D eigenvalue weighted by Gasteiger charge is 2.30. The van der Waals surface area contributed by atoms with Gasteiger partial charge in [0.15, 0.2) is 0 Å². The van der Waals surface area contributed by atoms with E-state index in [0.29, 0.717) is 23.6 Å². The molecule has 1 amide bonds. The fourth-order valence-corrected chi connectivity index (χ4v) is 3.17. The van der Waals surface area contributed by atoms with Gasteiger partial charge in [0.2, 0.25) is 5.91 Å². The molecule has 0 saturated carbocycles. The van der Waals surface area contributed by atoms with Crippen LogP contribution in [-0.4, -0.2) is 37.4 Å². The average Bonchev–Trinajstić information content (AvgIpc) is 2.65. The van der Waals surface area contributed by atoms with Crippen molar-refractivity contribution < 1.29 is 27.8 Å². The first-order valence-electron chi connectivity index (χ1n) is 9.12. The van der Waals surface area contributed by atoms with Crippen LogP contribution in [-0.2, 0) is 15.7 Å². The van der Waals surface area contributed by atoms with E-state index in [1.807, 2.05) is 0 Å². The number of aliphatic hydroxyl groups excluding tert-OH is 1. The SMILES string of the molecule is C/C(=C\C(=O)NCC(CO)CC1CCOCC1)c1ccc(C(F)(F)F)cc1. The lowest BCUT2D eigenvalue weighted by Crippen LogP contribution is -2.31. The zero-order valence-corrected chi connectivity index (χ0v) is 15.4. The molecule has 1 unspecified atom stereocenters.